The van der Waals surface area contributed by atoms with Gasteiger partial charge in [-0.25, -0.2) is 0 Å². The van der Waals surface area contributed by atoms with Crippen LogP contribution in [0.25, 0.3) is 11.1 Å². The van der Waals surface area contributed by atoms with Crippen LogP contribution < -0.4 is 5.73 Å². The monoisotopic (exact) mass is 226 g/mol. The minimum absolute atomic E-state index is 0.397. The molecule has 0 atom stereocenters. The maximum Gasteiger partial charge on any atom is 0.248 e. The van der Waals surface area contributed by atoms with Crippen molar-refractivity contribution in [2.75, 3.05) is 0 Å². The average Bonchev–Trinajstić information content (AvgIpc) is 2.30. The Labute approximate surface area is 100 Å². The van der Waals surface area contributed by atoms with Crippen LogP contribution in [0, 0.1) is 13.8 Å². The largest absolute Gasteiger partial charge is 0.366 e. The van der Waals surface area contributed by atoms with Crippen molar-refractivity contribution in [3.8, 4) is 11.1 Å². The van der Waals surface area contributed by atoms with E-state index in [0.717, 1.165) is 22.4 Å². The van der Waals surface area contributed by atoms with E-state index < -0.39 is 5.91 Å². The maximum absolute atomic E-state index is 11.3. The molecule has 3 heteroatoms. The molecule has 86 valence electrons. The number of carbonyl (C=O) groups excluding carboxylic acids is 1. The lowest BCUT2D eigenvalue weighted by Gasteiger charge is -2.08. The number of nitrogens with two attached hydrogens (primary N) is 1. The van der Waals surface area contributed by atoms with E-state index in [2.05, 4.69) is 4.98 Å². The van der Waals surface area contributed by atoms with Crippen LogP contribution in [0.1, 0.15) is 21.6 Å². The standard InChI is InChI=1S/C14H14N2O/c1-9-5-6-11(8-13(9)14(15)17)12-4-3-7-16-10(12)2/h3-8H,1-2H3,(H2,15,17). The Balaban J connectivity index is 2.58. The third-order valence-electron chi connectivity index (χ3n) is 2.82. The summed E-state index contributed by atoms with van der Waals surface area (Å²) in [6, 6.07) is 9.57. The highest BCUT2D eigenvalue weighted by atomic mass is 16.1. The summed E-state index contributed by atoms with van der Waals surface area (Å²) in [5.41, 5.74) is 9.72. The molecule has 1 aromatic heterocycles. The minimum atomic E-state index is -0.397. The molecule has 0 aliphatic carbocycles. The van der Waals surface area contributed by atoms with Gasteiger partial charge >= 0.3 is 0 Å². The number of nitrogens with zero attached hydrogens (tertiary/aromatic N) is 1. The smallest absolute Gasteiger partial charge is 0.248 e. The number of hydrogen-bond donors (Lipinski definition) is 1. The third-order valence-corrected chi connectivity index (χ3v) is 2.82. The predicted molar refractivity (Wildman–Crippen MR) is 67.7 cm³/mol. The van der Waals surface area contributed by atoms with Crippen molar-refractivity contribution in [3.63, 3.8) is 0 Å². The molecule has 0 fully saturated rings. The molecule has 2 aromatic rings. The zero-order valence-electron chi connectivity index (χ0n) is 9.90. The Morgan fingerprint density at radius 1 is 1.24 bits per heavy atom. The van der Waals surface area contributed by atoms with Crippen molar-refractivity contribution < 1.29 is 4.79 Å². The number of carbonyl (C=O) groups is 1. The van der Waals surface area contributed by atoms with Crippen LogP contribution in [0.2, 0.25) is 0 Å². The molecule has 17 heavy (non-hydrogen) atoms. The molecule has 0 radical (unpaired) electrons. The Morgan fingerprint density at radius 3 is 2.65 bits per heavy atom. The third kappa shape index (κ3) is 2.18. The SMILES string of the molecule is Cc1ccc(-c2cccnc2C)cc1C(N)=O. The van der Waals surface area contributed by atoms with Crippen LogP contribution in [-0.4, -0.2) is 10.9 Å². The lowest BCUT2D eigenvalue weighted by molar-refractivity contribution is 0.1000. The second-order valence-electron chi connectivity index (χ2n) is 4.03. The van der Waals surface area contributed by atoms with E-state index in [1.165, 1.54) is 0 Å². The first-order valence-electron chi connectivity index (χ1n) is 5.42. The first-order valence-corrected chi connectivity index (χ1v) is 5.42. The highest BCUT2D eigenvalue weighted by Gasteiger charge is 2.08. The molecular weight excluding hydrogens is 212 g/mol. The molecule has 0 aliphatic rings. The van der Waals surface area contributed by atoms with E-state index in [-0.39, 0.29) is 0 Å². The first-order chi connectivity index (χ1) is 8.09. The molecule has 2 N–H and O–H groups in total. The van der Waals surface area contributed by atoms with E-state index in [1.54, 1.807) is 6.20 Å². The average molecular weight is 226 g/mol. The molecule has 0 saturated heterocycles. The highest BCUT2D eigenvalue weighted by Crippen LogP contribution is 2.24. The van der Waals surface area contributed by atoms with Crippen molar-refractivity contribution in [1.82, 2.24) is 4.98 Å². The van der Waals surface area contributed by atoms with Crippen molar-refractivity contribution in [1.29, 1.82) is 0 Å². The summed E-state index contributed by atoms with van der Waals surface area (Å²) in [5, 5.41) is 0. The minimum Gasteiger partial charge on any atom is -0.366 e. The Morgan fingerprint density at radius 2 is 2.00 bits per heavy atom. The molecule has 0 unspecified atom stereocenters. The molecule has 0 aliphatic heterocycles. The molecule has 0 spiro atoms. The van der Waals surface area contributed by atoms with Gasteiger partial charge in [-0.05, 0) is 37.1 Å². The number of amides is 1. The second-order valence-corrected chi connectivity index (χ2v) is 4.03. The van der Waals surface area contributed by atoms with Gasteiger partial charge in [-0.15, -0.1) is 0 Å². The van der Waals surface area contributed by atoms with Crippen LogP contribution in [0.5, 0.6) is 0 Å². The zero-order valence-corrected chi connectivity index (χ0v) is 9.90. The molecule has 3 nitrogen and oxygen atoms in total. The number of aromatic nitrogens is 1. The zero-order chi connectivity index (χ0) is 12.4. The van der Waals surface area contributed by atoms with Gasteiger partial charge in [0, 0.05) is 23.0 Å². The van der Waals surface area contributed by atoms with Gasteiger partial charge in [-0.2, -0.15) is 0 Å². The van der Waals surface area contributed by atoms with Crippen LogP contribution in [0.15, 0.2) is 36.5 Å². The van der Waals surface area contributed by atoms with Gasteiger partial charge < -0.3 is 5.73 Å². The van der Waals surface area contributed by atoms with E-state index in [0.29, 0.717) is 5.56 Å². The van der Waals surface area contributed by atoms with Gasteiger partial charge in [0.05, 0.1) is 0 Å². The fourth-order valence-electron chi connectivity index (χ4n) is 1.84. The fraction of sp³-hybridized carbons (Fsp3) is 0.143. The van der Waals surface area contributed by atoms with Gasteiger partial charge in [-0.1, -0.05) is 18.2 Å². The number of aryl methyl sites for hydroxylation is 2. The molecule has 1 aromatic carbocycles. The van der Waals surface area contributed by atoms with E-state index in [1.807, 2.05) is 44.2 Å². The number of pyridine rings is 1. The molecule has 2 rings (SSSR count). The number of primary amides is 1. The van der Waals surface area contributed by atoms with Crippen molar-refractivity contribution >= 4 is 5.91 Å². The van der Waals surface area contributed by atoms with Crippen molar-refractivity contribution in [3.05, 3.63) is 53.3 Å². The van der Waals surface area contributed by atoms with Gasteiger partial charge in [0.15, 0.2) is 0 Å². The topological polar surface area (TPSA) is 56.0 Å². The van der Waals surface area contributed by atoms with Gasteiger partial charge in [-0.3, -0.25) is 9.78 Å². The van der Waals surface area contributed by atoms with Gasteiger partial charge in [0.1, 0.15) is 0 Å². The number of rotatable bonds is 2. The van der Waals surface area contributed by atoms with E-state index in [4.69, 9.17) is 5.73 Å². The number of hydrogen-bond acceptors (Lipinski definition) is 2. The lowest BCUT2D eigenvalue weighted by Crippen LogP contribution is -2.12. The normalized spacial score (nSPS) is 10.2. The molecule has 1 heterocycles. The molecule has 0 bridgehead atoms. The highest BCUT2D eigenvalue weighted by molar-refractivity contribution is 5.95. The number of benzene rings is 1. The Bertz CT molecular complexity index is 576. The van der Waals surface area contributed by atoms with E-state index >= 15 is 0 Å². The summed E-state index contributed by atoms with van der Waals surface area (Å²) in [6.07, 6.45) is 1.75. The first kappa shape index (κ1) is 11.3. The predicted octanol–water partition coefficient (Wildman–Crippen LogP) is 2.46. The molecule has 1 amide bonds. The fourth-order valence-corrected chi connectivity index (χ4v) is 1.84. The summed E-state index contributed by atoms with van der Waals surface area (Å²) in [4.78, 5) is 15.5. The molecule has 0 saturated carbocycles. The quantitative estimate of drug-likeness (QED) is 0.855. The summed E-state index contributed by atoms with van der Waals surface area (Å²) in [6.45, 7) is 3.82. The Kier molecular flexibility index (Phi) is 2.91. The van der Waals surface area contributed by atoms with Crippen molar-refractivity contribution in [2.45, 2.75) is 13.8 Å². The van der Waals surface area contributed by atoms with E-state index in [9.17, 15) is 4.79 Å². The lowest BCUT2D eigenvalue weighted by atomic mass is 9.99. The van der Waals surface area contributed by atoms with Crippen LogP contribution in [0.3, 0.4) is 0 Å². The van der Waals surface area contributed by atoms with Crippen LogP contribution in [0.4, 0.5) is 0 Å². The summed E-state index contributed by atoms with van der Waals surface area (Å²) in [5.74, 6) is -0.397. The maximum atomic E-state index is 11.3. The van der Waals surface area contributed by atoms with Crippen LogP contribution in [-0.2, 0) is 0 Å². The summed E-state index contributed by atoms with van der Waals surface area (Å²) in [7, 11) is 0. The summed E-state index contributed by atoms with van der Waals surface area (Å²) < 4.78 is 0. The van der Waals surface area contributed by atoms with Crippen molar-refractivity contribution in [2.24, 2.45) is 5.73 Å². The second kappa shape index (κ2) is 4.37. The summed E-state index contributed by atoms with van der Waals surface area (Å²) >= 11 is 0. The van der Waals surface area contributed by atoms with Crippen LogP contribution >= 0.6 is 0 Å². The Hall–Kier alpha value is -2.16. The van der Waals surface area contributed by atoms with Gasteiger partial charge in [0.2, 0.25) is 5.91 Å². The van der Waals surface area contributed by atoms with Gasteiger partial charge in [0.25, 0.3) is 0 Å². The molecular formula is C14H14N2O.